The first-order chi connectivity index (χ1) is 33.9. The molecule has 0 saturated carbocycles. The Balaban J connectivity index is 1.35. The van der Waals surface area contributed by atoms with Gasteiger partial charge in [-0.2, -0.15) is 0 Å². The van der Waals surface area contributed by atoms with Crippen LogP contribution in [0.15, 0.2) is 76.4 Å². The molecule has 1 aliphatic carbocycles. The van der Waals surface area contributed by atoms with Crippen LogP contribution < -0.4 is 41.2 Å². The zero-order valence-corrected chi connectivity index (χ0v) is 44.7. The number of para-hydroxylation sites is 2. The van der Waals surface area contributed by atoms with Gasteiger partial charge in [0.25, 0.3) is 5.56 Å². The number of nitrogens with one attached hydrogen (secondary N) is 2. The minimum atomic E-state index is -2.38. The van der Waals surface area contributed by atoms with Crippen molar-refractivity contribution in [1.82, 2.24) is 9.55 Å². The van der Waals surface area contributed by atoms with E-state index in [2.05, 4.69) is 108 Å². The molecule has 14 heteroatoms. The van der Waals surface area contributed by atoms with Crippen molar-refractivity contribution >= 4 is 25.6 Å². The van der Waals surface area contributed by atoms with Crippen molar-refractivity contribution in [3.05, 3.63) is 138 Å². The molecule has 8 bridgehead atoms. The van der Waals surface area contributed by atoms with Crippen LogP contribution in [-0.2, 0) is 39.6 Å². The first-order valence-electron chi connectivity index (χ1n) is 25.7. The van der Waals surface area contributed by atoms with Gasteiger partial charge in [-0.1, -0.05) is 84.9 Å². The van der Waals surface area contributed by atoms with Gasteiger partial charge in [0.05, 0.1) is 45.1 Å². The first-order valence-corrected chi connectivity index (χ1v) is 28.6. The summed E-state index contributed by atoms with van der Waals surface area (Å²) in [6, 6.07) is 20.7. The molecule has 71 heavy (non-hydrogen) atoms. The topological polar surface area (TPSA) is 165 Å². The summed E-state index contributed by atoms with van der Waals surface area (Å²) in [7, 11) is -2.38. The van der Waals surface area contributed by atoms with Crippen molar-refractivity contribution < 1.29 is 32.9 Å². The first kappa shape index (κ1) is 53.0. The summed E-state index contributed by atoms with van der Waals surface area (Å²) < 4.78 is 41.8. The Morgan fingerprint density at radius 2 is 1.14 bits per heavy atom. The lowest BCUT2D eigenvalue weighted by atomic mass is 9.90. The third-order valence-electron chi connectivity index (χ3n) is 13.7. The van der Waals surface area contributed by atoms with Gasteiger partial charge < -0.3 is 39.2 Å². The van der Waals surface area contributed by atoms with E-state index in [1.54, 1.807) is 6.92 Å². The molecular formula is C57H76N4O9Si. The summed E-state index contributed by atoms with van der Waals surface area (Å²) >= 11 is 0. The van der Waals surface area contributed by atoms with Crippen molar-refractivity contribution in [3.8, 4) is 23.0 Å². The van der Waals surface area contributed by atoms with Gasteiger partial charge in [-0.05, 0) is 97.3 Å². The molecule has 0 unspecified atom stereocenters. The van der Waals surface area contributed by atoms with E-state index in [1.807, 2.05) is 24.3 Å². The maximum atomic E-state index is 14.6. The van der Waals surface area contributed by atoms with Crippen LogP contribution in [0.5, 0.6) is 23.0 Å². The zero-order chi connectivity index (χ0) is 51.0. The van der Waals surface area contributed by atoms with Gasteiger partial charge in [0.2, 0.25) is 5.91 Å². The Labute approximate surface area is 420 Å². The fourth-order valence-corrected chi connectivity index (χ4v) is 10.6. The summed E-state index contributed by atoms with van der Waals surface area (Å²) in [6.45, 7) is 23.0. The Bertz CT molecular complexity index is 2690. The highest BCUT2D eigenvalue weighted by atomic mass is 28.4. The van der Waals surface area contributed by atoms with Gasteiger partial charge in [0, 0.05) is 77.5 Å². The summed E-state index contributed by atoms with van der Waals surface area (Å²) in [4.78, 5) is 42.5. The van der Waals surface area contributed by atoms with Crippen LogP contribution in [0.4, 0.5) is 11.4 Å². The van der Waals surface area contributed by atoms with Crippen LogP contribution in [0, 0.1) is 6.92 Å². The van der Waals surface area contributed by atoms with Crippen molar-refractivity contribution in [3.63, 3.8) is 0 Å². The molecule has 4 aromatic carbocycles. The van der Waals surface area contributed by atoms with Crippen LogP contribution in [0.2, 0.25) is 18.1 Å². The number of nitrogen functional groups attached to an aromatic ring is 1. The van der Waals surface area contributed by atoms with Crippen LogP contribution in [-0.4, -0.2) is 62.4 Å². The fraction of sp³-hybridized carbons (Fsp3) is 0.491. The quantitative estimate of drug-likeness (QED) is 0.0557. The Kier molecular flexibility index (Phi) is 17.3. The molecule has 1 aliphatic heterocycles. The minimum Gasteiger partial charge on any atom is -0.493 e. The number of aryl methyl sites for hydroxylation is 1. The number of carbonyl (C=O) groups excluding carboxylic acids is 1. The van der Waals surface area contributed by atoms with E-state index in [0.29, 0.717) is 75.5 Å². The molecule has 1 fully saturated rings. The average Bonchev–Trinajstić information content (AvgIpc) is 3.68. The second-order valence-corrected chi connectivity index (χ2v) is 25.5. The van der Waals surface area contributed by atoms with Gasteiger partial charge in [0.15, 0.2) is 8.32 Å². The molecule has 1 amide bonds. The maximum absolute atomic E-state index is 14.6. The van der Waals surface area contributed by atoms with Gasteiger partial charge in [0.1, 0.15) is 29.2 Å². The standard InChI is InChI=1S/C57H76N4O9Si/c1-11-21-65-51-37-17-15-19-39(51)27-43-31-46(59-49(62)33-47-48(70-71(9,10)57(6,7)8)34-50(69-47)61-35-36(5)55(63)60-56(61)64)32-44(54(43)68-24-14-4)28-40-20-16-18-38(52(40)66-22-12-2)26-42-30-45(58)29-41(25-37)53(42)67-23-13-3/h15-20,29-32,35,47-48,50H,11-14,21-28,33-34,58H2,1-10H3,(H,59,62)(H,60,63,64)/t47-,48+,50-/m1/s1. The molecule has 13 nitrogen and oxygen atoms in total. The number of anilines is 2. The minimum absolute atomic E-state index is 0.0334. The monoisotopic (exact) mass is 989 g/mol. The number of hydrogen-bond donors (Lipinski definition) is 3. The zero-order valence-electron chi connectivity index (χ0n) is 43.7. The third-order valence-corrected chi connectivity index (χ3v) is 18.3. The van der Waals surface area contributed by atoms with Crippen LogP contribution >= 0.6 is 0 Å². The highest BCUT2D eigenvalue weighted by molar-refractivity contribution is 6.74. The Hall–Kier alpha value is -5.83. The molecular weight excluding hydrogens is 913 g/mol. The van der Waals surface area contributed by atoms with E-state index >= 15 is 0 Å². The lowest BCUT2D eigenvalue weighted by Crippen LogP contribution is -2.46. The largest absolute Gasteiger partial charge is 0.493 e. The molecule has 7 rings (SSSR count). The number of hydrogen-bond acceptors (Lipinski definition) is 10. The lowest BCUT2D eigenvalue weighted by molar-refractivity contribution is -0.120. The lowest BCUT2D eigenvalue weighted by Gasteiger charge is -2.39. The molecule has 1 aromatic heterocycles. The van der Waals surface area contributed by atoms with E-state index in [0.717, 1.165) is 93.2 Å². The number of aromatic amines is 1. The molecule has 382 valence electrons. The van der Waals surface area contributed by atoms with Gasteiger partial charge >= 0.3 is 5.69 Å². The summed E-state index contributed by atoms with van der Waals surface area (Å²) in [6.07, 6.45) is 5.19. The SMILES string of the molecule is CCCOc1c2cccc1Cc1cc(NC(=O)C[C@H]3O[C@@H](n4cc(C)c(=O)[nH]c4=O)C[C@@H]3O[Si](C)(C)C(C)(C)C)cc(c1OCCC)Cc1cccc(c1OCCC)Cc1cc(N)cc(c1OCCC)C2. The van der Waals surface area contributed by atoms with Crippen molar-refractivity contribution in [1.29, 1.82) is 0 Å². The molecule has 5 aromatic rings. The van der Waals surface area contributed by atoms with Gasteiger partial charge in [-0.25, -0.2) is 4.79 Å². The Morgan fingerprint density at radius 1 is 0.718 bits per heavy atom. The molecule has 4 N–H and O–H groups in total. The van der Waals surface area contributed by atoms with Gasteiger partial charge in [-0.15, -0.1) is 0 Å². The number of aromatic nitrogens is 2. The summed E-state index contributed by atoms with van der Waals surface area (Å²) in [5.74, 6) is 2.94. The van der Waals surface area contributed by atoms with Crippen LogP contribution in [0.3, 0.4) is 0 Å². The van der Waals surface area contributed by atoms with E-state index in [1.165, 1.54) is 10.8 Å². The molecule has 1 saturated heterocycles. The van der Waals surface area contributed by atoms with E-state index in [-0.39, 0.29) is 17.4 Å². The Morgan fingerprint density at radius 3 is 1.56 bits per heavy atom. The summed E-state index contributed by atoms with van der Waals surface area (Å²) in [5, 5.41) is 3.15. The average molecular weight is 989 g/mol. The fourth-order valence-electron chi connectivity index (χ4n) is 9.27. The van der Waals surface area contributed by atoms with Gasteiger partial charge in [-0.3, -0.25) is 19.1 Å². The van der Waals surface area contributed by atoms with E-state index in [9.17, 15) is 14.4 Å². The number of nitrogens with two attached hydrogens (primary N) is 1. The number of nitrogens with zero attached hydrogens (tertiary/aromatic N) is 1. The van der Waals surface area contributed by atoms with Crippen LogP contribution in [0.1, 0.15) is 143 Å². The van der Waals surface area contributed by atoms with Crippen LogP contribution in [0.25, 0.3) is 0 Å². The second-order valence-electron chi connectivity index (χ2n) is 20.7. The number of amides is 1. The molecule has 3 atom stereocenters. The number of H-pyrrole nitrogens is 1. The van der Waals surface area contributed by atoms with Crippen molar-refractivity contribution in [2.75, 3.05) is 37.5 Å². The number of carbonyl (C=O) groups is 1. The van der Waals surface area contributed by atoms with E-state index < -0.39 is 38.0 Å². The second kappa shape index (κ2) is 23.1. The molecule has 0 spiro atoms. The normalized spacial score (nSPS) is 16.9. The number of fused-ring (bicyclic) bond motifs is 8. The predicted molar refractivity (Wildman–Crippen MR) is 284 cm³/mol. The highest BCUT2D eigenvalue weighted by Crippen LogP contribution is 2.43. The molecule has 2 aliphatic rings. The smallest absolute Gasteiger partial charge is 0.330 e. The van der Waals surface area contributed by atoms with Crippen molar-refractivity contribution in [2.24, 2.45) is 0 Å². The number of rotatable bonds is 18. The third kappa shape index (κ3) is 12.6. The predicted octanol–water partition coefficient (Wildman–Crippen LogP) is 11.0. The molecule has 0 radical (unpaired) electrons. The summed E-state index contributed by atoms with van der Waals surface area (Å²) in [5.41, 5.74) is 15.1. The maximum Gasteiger partial charge on any atom is 0.330 e. The number of ether oxygens (including phenoxy) is 5. The highest BCUT2D eigenvalue weighted by Gasteiger charge is 2.46. The van der Waals surface area contributed by atoms with E-state index in [4.69, 9.17) is 33.8 Å². The number of benzene rings is 4. The van der Waals surface area contributed by atoms with Crippen molar-refractivity contribution in [2.45, 2.75) is 156 Å². The molecule has 2 heterocycles.